The van der Waals surface area contributed by atoms with E-state index in [9.17, 15) is 18.0 Å². The van der Waals surface area contributed by atoms with Crippen molar-refractivity contribution in [3.63, 3.8) is 0 Å². The van der Waals surface area contributed by atoms with Crippen LogP contribution >= 0.6 is 12.4 Å². The molecule has 0 fully saturated rings. The number of ether oxygens (including phenoxy) is 1. The summed E-state index contributed by atoms with van der Waals surface area (Å²) in [6.45, 7) is 2.59. The molecule has 4 nitrogen and oxygen atoms in total. The zero-order valence-corrected chi connectivity index (χ0v) is 14.8. The molecule has 0 radical (unpaired) electrons. The summed E-state index contributed by atoms with van der Waals surface area (Å²) < 4.78 is 43.3. The molecule has 1 aliphatic rings. The van der Waals surface area contributed by atoms with Gasteiger partial charge in [-0.15, -0.1) is 12.4 Å². The van der Waals surface area contributed by atoms with E-state index in [2.05, 4.69) is 10.2 Å². The van der Waals surface area contributed by atoms with Crippen LogP contribution in [-0.2, 0) is 10.9 Å². The maximum absolute atomic E-state index is 12.8. The van der Waals surface area contributed by atoms with Crippen molar-refractivity contribution in [3.05, 3.63) is 41.5 Å². The molecule has 0 aromatic heterocycles. The van der Waals surface area contributed by atoms with Gasteiger partial charge >= 0.3 is 12.3 Å². The number of carbonyl (C=O) groups excluding carboxylic acids is 1. The van der Waals surface area contributed by atoms with Crippen molar-refractivity contribution in [1.29, 1.82) is 0 Å². The molecule has 2 rings (SSSR count). The lowest BCUT2D eigenvalue weighted by molar-refractivity contribution is -0.137. The SMILES string of the molecule is CNC(=O)OCCCN1CC=C(c2cccc(C(F)(F)F)c2)CC1.Cl. The van der Waals surface area contributed by atoms with Crippen molar-refractivity contribution >= 4 is 24.1 Å². The van der Waals surface area contributed by atoms with Gasteiger partial charge in [-0.1, -0.05) is 18.2 Å². The number of halogens is 4. The molecule has 1 aromatic carbocycles. The van der Waals surface area contributed by atoms with Gasteiger partial charge in [-0.3, -0.25) is 4.90 Å². The van der Waals surface area contributed by atoms with Crippen LogP contribution in [0.1, 0.15) is 24.0 Å². The first-order chi connectivity index (χ1) is 11.4. The topological polar surface area (TPSA) is 41.6 Å². The molecule has 0 aliphatic carbocycles. The van der Waals surface area contributed by atoms with E-state index in [1.165, 1.54) is 19.2 Å². The highest BCUT2D eigenvalue weighted by molar-refractivity contribution is 5.85. The number of benzene rings is 1. The molecule has 0 saturated carbocycles. The van der Waals surface area contributed by atoms with Gasteiger partial charge < -0.3 is 10.1 Å². The maximum Gasteiger partial charge on any atom is 0.416 e. The summed E-state index contributed by atoms with van der Waals surface area (Å²) in [5.74, 6) is 0. The van der Waals surface area contributed by atoms with E-state index in [0.717, 1.165) is 31.1 Å². The zero-order chi connectivity index (χ0) is 17.6. The van der Waals surface area contributed by atoms with Crippen molar-refractivity contribution in [1.82, 2.24) is 10.2 Å². The Morgan fingerprint density at radius 2 is 2.12 bits per heavy atom. The fourth-order valence-electron chi connectivity index (χ4n) is 2.60. The van der Waals surface area contributed by atoms with Crippen LogP contribution < -0.4 is 5.32 Å². The van der Waals surface area contributed by atoms with Crippen LogP contribution in [0.3, 0.4) is 0 Å². The highest BCUT2D eigenvalue weighted by atomic mass is 35.5. The average Bonchev–Trinajstić information content (AvgIpc) is 2.58. The van der Waals surface area contributed by atoms with Crippen LogP contribution in [0.2, 0.25) is 0 Å². The van der Waals surface area contributed by atoms with Crippen LogP contribution in [0, 0.1) is 0 Å². The first-order valence-electron chi connectivity index (χ1n) is 7.83. The predicted octanol–water partition coefficient (Wildman–Crippen LogP) is 3.96. The van der Waals surface area contributed by atoms with Gasteiger partial charge in [0, 0.05) is 26.7 Å². The Kier molecular flexibility index (Phi) is 8.25. The minimum atomic E-state index is -4.32. The third-order valence-corrected chi connectivity index (χ3v) is 3.91. The predicted molar refractivity (Wildman–Crippen MR) is 92.8 cm³/mol. The second-order valence-corrected chi connectivity index (χ2v) is 5.60. The van der Waals surface area contributed by atoms with Crippen molar-refractivity contribution < 1.29 is 22.7 Å². The minimum Gasteiger partial charge on any atom is -0.450 e. The minimum absolute atomic E-state index is 0. The Hall–Kier alpha value is -1.73. The molecule has 1 aliphatic heterocycles. The quantitative estimate of drug-likeness (QED) is 0.788. The number of hydrogen-bond acceptors (Lipinski definition) is 3. The lowest BCUT2D eigenvalue weighted by Gasteiger charge is -2.26. The number of nitrogens with zero attached hydrogens (tertiary/aromatic N) is 1. The fourth-order valence-corrected chi connectivity index (χ4v) is 2.60. The van der Waals surface area contributed by atoms with E-state index in [0.29, 0.717) is 25.1 Å². The molecule has 1 amide bonds. The molecule has 0 spiro atoms. The van der Waals surface area contributed by atoms with Gasteiger partial charge in [0.15, 0.2) is 0 Å². The smallest absolute Gasteiger partial charge is 0.416 e. The van der Waals surface area contributed by atoms with E-state index in [4.69, 9.17) is 4.74 Å². The van der Waals surface area contributed by atoms with Gasteiger partial charge in [0.1, 0.15) is 0 Å². The Morgan fingerprint density at radius 1 is 1.36 bits per heavy atom. The van der Waals surface area contributed by atoms with Gasteiger partial charge in [-0.25, -0.2) is 4.79 Å². The van der Waals surface area contributed by atoms with Crippen LogP contribution in [0.25, 0.3) is 5.57 Å². The molecular formula is C17H22ClF3N2O2. The summed E-state index contributed by atoms with van der Waals surface area (Å²) in [5.41, 5.74) is 0.959. The lowest BCUT2D eigenvalue weighted by Crippen LogP contribution is -2.30. The first kappa shape index (κ1) is 21.3. The summed E-state index contributed by atoms with van der Waals surface area (Å²) in [7, 11) is 1.51. The van der Waals surface area contributed by atoms with Gasteiger partial charge in [-0.05, 0) is 36.1 Å². The first-order valence-corrected chi connectivity index (χ1v) is 7.83. The van der Waals surface area contributed by atoms with E-state index < -0.39 is 17.8 Å². The molecule has 8 heteroatoms. The van der Waals surface area contributed by atoms with Crippen LogP contribution in [-0.4, -0.2) is 44.3 Å². The highest BCUT2D eigenvalue weighted by Gasteiger charge is 2.30. The van der Waals surface area contributed by atoms with Crippen LogP contribution in [0.5, 0.6) is 0 Å². The van der Waals surface area contributed by atoms with Gasteiger partial charge in [-0.2, -0.15) is 13.2 Å². The molecule has 1 N–H and O–H groups in total. The van der Waals surface area contributed by atoms with E-state index >= 15 is 0 Å². The van der Waals surface area contributed by atoms with E-state index in [-0.39, 0.29) is 12.4 Å². The number of rotatable bonds is 5. The van der Waals surface area contributed by atoms with Gasteiger partial charge in [0.05, 0.1) is 12.2 Å². The monoisotopic (exact) mass is 378 g/mol. The van der Waals surface area contributed by atoms with E-state index in [1.807, 2.05) is 6.08 Å². The standard InChI is InChI=1S/C17H21F3N2O2.ClH/c1-21-16(23)24-11-3-8-22-9-6-13(7-10-22)14-4-2-5-15(12-14)17(18,19)20;/h2,4-6,12H,3,7-11H2,1H3,(H,21,23);1H. The van der Waals surface area contributed by atoms with Crippen LogP contribution in [0.15, 0.2) is 30.3 Å². The summed E-state index contributed by atoms with van der Waals surface area (Å²) in [6, 6.07) is 5.46. The highest BCUT2D eigenvalue weighted by Crippen LogP contribution is 2.32. The Bertz CT molecular complexity index is 606. The lowest BCUT2D eigenvalue weighted by atomic mass is 9.97. The molecule has 0 atom stereocenters. The van der Waals surface area contributed by atoms with Crippen molar-refractivity contribution in [3.8, 4) is 0 Å². The van der Waals surface area contributed by atoms with Crippen molar-refractivity contribution in [2.75, 3.05) is 33.3 Å². The molecule has 0 unspecified atom stereocenters. The Balaban J connectivity index is 0.00000312. The Labute approximate surface area is 151 Å². The fraction of sp³-hybridized carbons (Fsp3) is 0.471. The second-order valence-electron chi connectivity index (χ2n) is 5.60. The van der Waals surface area contributed by atoms with Gasteiger partial charge in [0.2, 0.25) is 0 Å². The second kappa shape index (κ2) is 9.68. The maximum atomic E-state index is 12.8. The third-order valence-electron chi connectivity index (χ3n) is 3.91. The van der Waals surface area contributed by atoms with Gasteiger partial charge in [0.25, 0.3) is 0 Å². The number of alkyl halides is 3. The van der Waals surface area contributed by atoms with Crippen molar-refractivity contribution in [2.45, 2.75) is 19.0 Å². The van der Waals surface area contributed by atoms with Crippen molar-refractivity contribution in [2.24, 2.45) is 0 Å². The number of hydrogen-bond donors (Lipinski definition) is 1. The number of carbonyl (C=O) groups is 1. The summed E-state index contributed by atoms with van der Waals surface area (Å²) >= 11 is 0. The summed E-state index contributed by atoms with van der Waals surface area (Å²) in [5, 5.41) is 2.38. The van der Waals surface area contributed by atoms with E-state index in [1.54, 1.807) is 6.07 Å². The zero-order valence-electron chi connectivity index (χ0n) is 13.9. The number of amides is 1. The third kappa shape index (κ3) is 6.59. The number of nitrogens with one attached hydrogen (secondary N) is 1. The number of alkyl carbamates (subject to hydrolysis) is 1. The Morgan fingerprint density at radius 3 is 2.72 bits per heavy atom. The summed E-state index contributed by atoms with van der Waals surface area (Å²) in [6.07, 6.45) is -1.36. The molecule has 0 bridgehead atoms. The largest absolute Gasteiger partial charge is 0.450 e. The normalized spacial score (nSPS) is 15.1. The molecular weight excluding hydrogens is 357 g/mol. The molecule has 0 saturated heterocycles. The molecule has 1 aromatic rings. The molecule has 25 heavy (non-hydrogen) atoms. The summed E-state index contributed by atoms with van der Waals surface area (Å²) in [4.78, 5) is 13.1. The average molecular weight is 379 g/mol. The van der Waals surface area contributed by atoms with Crippen LogP contribution in [0.4, 0.5) is 18.0 Å². The molecule has 140 valence electrons. The molecule has 1 heterocycles.